The number of ketones is 1. The summed E-state index contributed by atoms with van der Waals surface area (Å²) in [5.74, 6) is -2.58. The first-order valence-electron chi connectivity index (χ1n) is 6.64. The van der Waals surface area contributed by atoms with Crippen molar-refractivity contribution in [2.75, 3.05) is 6.61 Å². The van der Waals surface area contributed by atoms with E-state index in [1.165, 1.54) is 6.08 Å². The third-order valence-corrected chi connectivity index (χ3v) is 2.66. The normalized spacial score (nSPS) is 11.3. The molecule has 0 fully saturated rings. The van der Waals surface area contributed by atoms with Gasteiger partial charge in [-0.3, -0.25) is 14.4 Å². The lowest BCUT2D eigenvalue weighted by molar-refractivity contribution is -0.149. The maximum atomic E-state index is 12.0. The fourth-order valence-electron chi connectivity index (χ4n) is 1.68. The molecule has 1 atom stereocenters. The Labute approximate surface area is 123 Å². The summed E-state index contributed by atoms with van der Waals surface area (Å²) in [4.78, 5) is 35.4. The van der Waals surface area contributed by atoms with Gasteiger partial charge >= 0.3 is 11.9 Å². The number of allylic oxidation sites excluding steroid dienone is 1. The second kappa shape index (κ2) is 8.68. The molecule has 0 aliphatic rings. The maximum absolute atomic E-state index is 12.0. The number of ether oxygens (including phenoxy) is 2. The van der Waals surface area contributed by atoms with Gasteiger partial charge in [-0.1, -0.05) is 24.3 Å². The Balaban J connectivity index is 2.71. The summed E-state index contributed by atoms with van der Waals surface area (Å²) in [5, 5.41) is 0. The van der Waals surface area contributed by atoms with Gasteiger partial charge < -0.3 is 9.47 Å². The van der Waals surface area contributed by atoms with Crippen LogP contribution in [0.4, 0.5) is 0 Å². The quantitative estimate of drug-likeness (QED) is 0.318. The molecule has 0 aliphatic carbocycles. The smallest absolute Gasteiger partial charge is 0.322 e. The van der Waals surface area contributed by atoms with E-state index >= 15 is 0 Å². The number of hydrogen-bond acceptors (Lipinski definition) is 5. The summed E-state index contributed by atoms with van der Waals surface area (Å²) >= 11 is 0. The molecule has 5 nitrogen and oxygen atoms in total. The molecule has 0 saturated heterocycles. The molecule has 0 radical (unpaired) electrons. The van der Waals surface area contributed by atoms with Crippen LogP contribution in [0.1, 0.15) is 19.8 Å². The molecule has 1 unspecified atom stereocenters. The lowest BCUT2D eigenvalue weighted by atomic mass is 9.98. The summed E-state index contributed by atoms with van der Waals surface area (Å²) in [7, 11) is 0. The lowest BCUT2D eigenvalue weighted by Crippen LogP contribution is -2.29. The average molecular weight is 290 g/mol. The van der Waals surface area contributed by atoms with Gasteiger partial charge in [0.15, 0.2) is 5.78 Å². The summed E-state index contributed by atoms with van der Waals surface area (Å²) in [6.07, 6.45) is 1.11. The Morgan fingerprint density at radius 3 is 2.48 bits per heavy atom. The van der Waals surface area contributed by atoms with Crippen molar-refractivity contribution in [3.05, 3.63) is 43.0 Å². The number of para-hydroxylation sites is 1. The molecular formula is C16H18O5. The lowest BCUT2D eigenvalue weighted by Gasteiger charge is -2.13. The molecule has 0 saturated carbocycles. The van der Waals surface area contributed by atoms with Gasteiger partial charge in [-0.25, -0.2) is 0 Å². The molecule has 0 aromatic heterocycles. The van der Waals surface area contributed by atoms with Crippen LogP contribution >= 0.6 is 0 Å². The Hall–Kier alpha value is -2.43. The predicted octanol–water partition coefficient (Wildman–Crippen LogP) is 2.31. The van der Waals surface area contributed by atoms with Crippen LogP contribution in [0, 0.1) is 5.92 Å². The standard InChI is InChI=1S/C16H18O5/c1-3-8-13(14(17)11-15(18)20-4-2)16(19)21-12-9-6-5-7-10-12/h3,5-7,9-10,13H,1,4,8,11H2,2H3. The van der Waals surface area contributed by atoms with Gasteiger partial charge in [0, 0.05) is 0 Å². The highest BCUT2D eigenvalue weighted by atomic mass is 16.5. The minimum Gasteiger partial charge on any atom is -0.466 e. The van der Waals surface area contributed by atoms with Crippen molar-refractivity contribution in [3.63, 3.8) is 0 Å². The van der Waals surface area contributed by atoms with Crippen LogP contribution in [-0.4, -0.2) is 24.3 Å². The van der Waals surface area contributed by atoms with Crippen molar-refractivity contribution in [1.82, 2.24) is 0 Å². The van der Waals surface area contributed by atoms with Crippen LogP contribution in [0.15, 0.2) is 43.0 Å². The molecule has 0 spiro atoms. The fraction of sp³-hybridized carbons (Fsp3) is 0.312. The number of esters is 2. The first-order chi connectivity index (χ1) is 10.1. The summed E-state index contributed by atoms with van der Waals surface area (Å²) in [5.41, 5.74) is 0. The largest absolute Gasteiger partial charge is 0.466 e. The van der Waals surface area contributed by atoms with Crippen molar-refractivity contribution >= 4 is 17.7 Å². The van der Waals surface area contributed by atoms with E-state index in [1.807, 2.05) is 0 Å². The Morgan fingerprint density at radius 1 is 1.24 bits per heavy atom. The zero-order valence-corrected chi connectivity index (χ0v) is 11.9. The van der Waals surface area contributed by atoms with Crippen LogP contribution in [0.3, 0.4) is 0 Å². The number of benzene rings is 1. The minimum absolute atomic E-state index is 0.115. The number of hydrogen-bond donors (Lipinski definition) is 0. The van der Waals surface area contributed by atoms with Gasteiger partial charge in [0.2, 0.25) is 0 Å². The second-order valence-corrected chi connectivity index (χ2v) is 4.26. The molecule has 0 bridgehead atoms. The van der Waals surface area contributed by atoms with E-state index in [-0.39, 0.29) is 13.0 Å². The van der Waals surface area contributed by atoms with Crippen LogP contribution in [0.5, 0.6) is 5.75 Å². The van der Waals surface area contributed by atoms with Crippen molar-refractivity contribution in [2.24, 2.45) is 5.92 Å². The van der Waals surface area contributed by atoms with Gasteiger partial charge in [-0.05, 0) is 25.5 Å². The van der Waals surface area contributed by atoms with Crippen LogP contribution in [-0.2, 0) is 19.1 Å². The fourth-order valence-corrected chi connectivity index (χ4v) is 1.68. The topological polar surface area (TPSA) is 69.7 Å². The van der Waals surface area contributed by atoms with Crippen LogP contribution < -0.4 is 4.74 Å². The zero-order chi connectivity index (χ0) is 15.7. The molecule has 0 aliphatic heterocycles. The monoisotopic (exact) mass is 290 g/mol. The summed E-state index contributed by atoms with van der Waals surface area (Å²) in [6.45, 7) is 5.34. The van der Waals surface area contributed by atoms with Gasteiger partial charge in [0.25, 0.3) is 0 Å². The molecule has 1 aromatic carbocycles. The Kier molecular flexibility index (Phi) is 6.87. The minimum atomic E-state index is -1.05. The first-order valence-corrected chi connectivity index (χ1v) is 6.64. The highest BCUT2D eigenvalue weighted by Crippen LogP contribution is 2.15. The highest BCUT2D eigenvalue weighted by molar-refractivity contribution is 6.06. The van der Waals surface area contributed by atoms with Crippen molar-refractivity contribution in [1.29, 1.82) is 0 Å². The van der Waals surface area contributed by atoms with Gasteiger partial charge in [0.1, 0.15) is 18.1 Å². The molecule has 5 heteroatoms. The SMILES string of the molecule is C=CCC(C(=O)CC(=O)OCC)C(=O)Oc1ccccc1. The summed E-state index contributed by atoms with van der Waals surface area (Å²) in [6, 6.07) is 8.43. The van der Waals surface area contributed by atoms with Crippen LogP contribution in [0.25, 0.3) is 0 Å². The third kappa shape index (κ3) is 5.60. The number of Topliss-reactive ketones (excluding diaryl/α,β-unsaturated/α-hetero) is 1. The van der Waals surface area contributed by atoms with E-state index in [2.05, 4.69) is 6.58 Å². The van der Waals surface area contributed by atoms with Crippen molar-refractivity contribution in [3.8, 4) is 5.75 Å². The highest BCUT2D eigenvalue weighted by Gasteiger charge is 2.29. The zero-order valence-electron chi connectivity index (χ0n) is 11.9. The van der Waals surface area contributed by atoms with E-state index in [9.17, 15) is 14.4 Å². The molecule has 112 valence electrons. The molecule has 21 heavy (non-hydrogen) atoms. The van der Waals surface area contributed by atoms with Crippen molar-refractivity contribution in [2.45, 2.75) is 19.8 Å². The Bertz CT molecular complexity index is 507. The molecule has 0 heterocycles. The Morgan fingerprint density at radius 2 is 1.90 bits per heavy atom. The van der Waals surface area contributed by atoms with E-state index in [0.29, 0.717) is 5.75 Å². The van der Waals surface area contributed by atoms with E-state index in [4.69, 9.17) is 9.47 Å². The first kappa shape index (κ1) is 16.6. The second-order valence-electron chi connectivity index (χ2n) is 4.26. The van der Waals surface area contributed by atoms with E-state index < -0.39 is 30.1 Å². The van der Waals surface area contributed by atoms with Gasteiger partial charge in [-0.15, -0.1) is 6.58 Å². The summed E-state index contributed by atoms with van der Waals surface area (Å²) < 4.78 is 9.83. The van der Waals surface area contributed by atoms with Gasteiger partial charge in [-0.2, -0.15) is 0 Å². The van der Waals surface area contributed by atoms with E-state index in [0.717, 1.165) is 0 Å². The molecule has 1 rings (SSSR count). The van der Waals surface area contributed by atoms with Crippen molar-refractivity contribution < 1.29 is 23.9 Å². The molecule has 0 amide bonds. The predicted molar refractivity (Wildman–Crippen MR) is 76.6 cm³/mol. The van der Waals surface area contributed by atoms with E-state index in [1.54, 1.807) is 37.3 Å². The molecule has 1 aromatic rings. The maximum Gasteiger partial charge on any atom is 0.322 e. The molecule has 0 N–H and O–H groups in total. The molecular weight excluding hydrogens is 272 g/mol. The average Bonchev–Trinajstić information content (AvgIpc) is 2.45. The van der Waals surface area contributed by atoms with Gasteiger partial charge in [0.05, 0.1) is 6.61 Å². The van der Waals surface area contributed by atoms with Crippen LogP contribution in [0.2, 0.25) is 0 Å². The number of carbonyl (C=O) groups excluding carboxylic acids is 3. The number of rotatable bonds is 8. The number of carbonyl (C=O) groups is 3. The third-order valence-electron chi connectivity index (χ3n) is 2.66.